The molecule has 0 aromatic heterocycles. The van der Waals surface area contributed by atoms with E-state index in [1.807, 2.05) is 0 Å². The lowest BCUT2D eigenvalue weighted by Crippen LogP contribution is -2.73. The van der Waals surface area contributed by atoms with Crippen LogP contribution in [0.25, 0.3) is 0 Å². The Bertz CT molecular complexity index is 751. The predicted octanol–water partition coefficient (Wildman–Crippen LogP) is 10.3. The molecule has 0 spiro atoms. The monoisotopic (exact) mass is 528 g/mol. The van der Waals surface area contributed by atoms with Gasteiger partial charge in [0, 0.05) is 5.16 Å². The van der Waals surface area contributed by atoms with Gasteiger partial charge >= 0.3 is 0 Å². The smallest absolute Gasteiger partial charge is 0.00222 e. The molecule has 8 bridgehead atoms. The van der Waals surface area contributed by atoms with Gasteiger partial charge < -0.3 is 0 Å². The van der Waals surface area contributed by atoms with E-state index in [4.69, 9.17) is 0 Å². The highest BCUT2D eigenvalue weighted by Gasteiger charge is 2.74. The quantitative estimate of drug-likeness (QED) is 0.311. The molecule has 204 valence electrons. The molecule has 9 aliphatic carbocycles. The molecule has 36 heavy (non-hydrogen) atoms. The molecular formula is C34H58P2. The van der Waals surface area contributed by atoms with Gasteiger partial charge in [-0.15, -0.1) is 9.24 Å². The Kier molecular flexibility index (Phi) is 5.73. The molecule has 0 saturated heterocycles. The molecule has 0 nitrogen and oxygen atoms in total. The average Bonchev–Trinajstić information content (AvgIpc) is 2.68. The maximum atomic E-state index is 4.00. The van der Waals surface area contributed by atoms with Crippen molar-refractivity contribution in [3.63, 3.8) is 0 Å². The first kappa shape index (κ1) is 25.8. The summed E-state index contributed by atoms with van der Waals surface area (Å²) in [6, 6.07) is 0. The summed E-state index contributed by atoms with van der Waals surface area (Å²) in [5.74, 6) is 6.47. The Labute approximate surface area is 228 Å². The van der Waals surface area contributed by atoms with Gasteiger partial charge in [-0.2, -0.15) is 0 Å². The van der Waals surface area contributed by atoms with Gasteiger partial charge in [-0.25, -0.2) is 0 Å². The van der Waals surface area contributed by atoms with E-state index >= 15 is 0 Å². The minimum absolute atomic E-state index is 0.0456. The van der Waals surface area contributed by atoms with Crippen molar-refractivity contribution in [2.75, 3.05) is 6.16 Å². The van der Waals surface area contributed by atoms with E-state index < -0.39 is 0 Å². The third kappa shape index (κ3) is 3.50. The molecule has 9 aliphatic rings. The summed E-state index contributed by atoms with van der Waals surface area (Å²) in [6.45, 7) is 15.6. The topological polar surface area (TPSA) is 0 Å². The fourth-order valence-electron chi connectivity index (χ4n) is 13.9. The lowest BCUT2D eigenvalue weighted by molar-refractivity contribution is -0.199. The van der Waals surface area contributed by atoms with Crippen LogP contribution in [0.2, 0.25) is 0 Å². The van der Waals surface area contributed by atoms with Gasteiger partial charge in [0.25, 0.3) is 0 Å². The van der Waals surface area contributed by atoms with Gasteiger partial charge in [-0.3, -0.25) is 0 Å². The summed E-state index contributed by atoms with van der Waals surface area (Å²) in [5, 5.41) is 1.41. The van der Waals surface area contributed by atoms with Crippen molar-refractivity contribution in [3.8, 4) is 0 Å². The Morgan fingerprint density at radius 1 is 0.583 bits per heavy atom. The maximum absolute atomic E-state index is 4.00. The van der Waals surface area contributed by atoms with Crippen molar-refractivity contribution >= 4 is 17.2 Å². The summed E-state index contributed by atoms with van der Waals surface area (Å²) < 4.78 is 0. The lowest BCUT2D eigenvalue weighted by atomic mass is 9.32. The summed E-state index contributed by atoms with van der Waals surface area (Å²) in [5.41, 5.74) is 1.89. The van der Waals surface area contributed by atoms with Crippen molar-refractivity contribution in [1.29, 1.82) is 0 Å². The molecule has 1 atom stereocenters. The van der Waals surface area contributed by atoms with E-state index in [-0.39, 0.29) is 7.92 Å². The standard InChI is InChI=1S/C34H58P2/c1-29(2,3)36(30(4,5)6)22-31(8-7-9-31)34(35,32-16-23-10-24(17-32)12-25(11-23)18-32)33-19-26-13-27(20-33)15-28(14-26)21-33/h23-28H,7-22,35H2,1-6H3. The van der Waals surface area contributed by atoms with E-state index in [9.17, 15) is 0 Å². The lowest BCUT2D eigenvalue weighted by Gasteiger charge is -2.78. The third-order valence-electron chi connectivity index (χ3n) is 14.0. The van der Waals surface area contributed by atoms with E-state index in [1.165, 1.54) is 6.42 Å². The molecule has 9 rings (SSSR count). The Morgan fingerprint density at radius 3 is 1.11 bits per heavy atom. The van der Waals surface area contributed by atoms with Crippen LogP contribution in [-0.4, -0.2) is 21.6 Å². The first-order chi connectivity index (χ1) is 16.8. The molecule has 0 heterocycles. The molecule has 1 unspecified atom stereocenters. The minimum Gasteiger partial charge on any atom is -0.129 e. The van der Waals surface area contributed by atoms with Gasteiger partial charge in [-0.05, 0) is 158 Å². The van der Waals surface area contributed by atoms with Gasteiger partial charge in [0.05, 0.1) is 0 Å². The molecule has 0 N–H and O–H groups in total. The summed E-state index contributed by atoms with van der Waals surface area (Å²) in [4.78, 5) is 0. The molecule has 2 heteroatoms. The highest BCUT2D eigenvalue weighted by Crippen LogP contribution is 2.82. The SMILES string of the molecule is CC(C)(C)P(CC1(C(P)(C23CC4CC(CC(C4)C2)C3)C23CC4CC(CC(C4)C2)C3)CCC1)C(C)(C)C. The van der Waals surface area contributed by atoms with Gasteiger partial charge in [0.15, 0.2) is 0 Å². The van der Waals surface area contributed by atoms with Crippen LogP contribution in [0.4, 0.5) is 0 Å². The normalized spacial score (nSPS) is 48.3. The van der Waals surface area contributed by atoms with Crippen LogP contribution in [0.1, 0.15) is 138 Å². The Morgan fingerprint density at radius 2 is 0.889 bits per heavy atom. The maximum Gasteiger partial charge on any atom is 0.00222 e. The Hall–Kier alpha value is 0.860. The number of rotatable bonds is 5. The summed E-state index contributed by atoms with van der Waals surface area (Å²) >= 11 is 0. The number of hydrogen-bond acceptors (Lipinski definition) is 0. The molecular weight excluding hydrogens is 470 g/mol. The van der Waals surface area contributed by atoms with Crippen LogP contribution in [0.5, 0.6) is 0 Å². The minimum atomic E-state index is -0.0456. The van der Waals surface area contributed by atoms with Crippen LogP contribution < -0.4 is 0 Å². The summed E-state index contributed by atoms with van der Waals surface area (Å²) in [7, 11) is 3.95. The van der Waals surface area contributed by atoms with Crippen molar-refractivity contribution < 1.29 is 0 Å². The van der Waals surface area contributed by atoms with E-state index in [0.717, 1.165) is 35.5 Å². The average molecular weight is 529 g/mol. The summed E-state index contributed by atoms with van der Waals surface area (Å²) in [6.07, 6.45) is 25.5. The molecule has 9 fully saturated rings. The van der Waals surface area contributed by atoms with Crippen LogP contribution >= 0.6 is 17.2 Å². The second-order valence-electron chi connectivity index (χ2n) is 18.3. The molecule has 0 aromatic carbocycles. The predicted molar refractivity (Wildman–Crippen MR) is 161 cm³/mol. The van der Waals surface area contributed by atoms with E-state index in [2.05, 4.69) is 50.8 Å². The third-order valence-corrected chi connectivity index (χ3v) is 20.0. The number of hydrogen-bond donors (Lipinski definition) is 0. The molecule has 0 amide bonds. The van der Waals surface area contributed by atoms with Gasteiger partial charge in [0.2, 0.25) is 0 Å². The van der Waals surface area contributed by atoms with Gasteiger partial charge in [-0.1, -0.05) is 55.9 Å². The fourth-order valence-corrected chi connectivity index (χ4v) is 19.3. The van der Waals surface area contributed by atoms with Crippen LogP contribution in [0, 0.1) is 51.8 Å². The molecule has 0 radical (unpaired) electrons. The first-order valence-electron chi connectivity index (χ1n) is 16.3. The van der Waals surface area contributed by atoms with Crippen LogP contribution in [-0.2, 0) is 0 Å². The van der Waals surface area contributed by atoms with Crippen molar-refractivity contribution in [2.24, 2.45) is 51.8 Å². The molecule has 0 aliphatic heterocycles. The molecule has 9 saturated carbocycles. The largest absolute Gasteiger partial charge is 0.129 e. The second-order valence-corrected chi connectivity index (χ2v) is 23.0. The highest BCUT2D eigenvalue weighted by molar-refractivity contribution is 7.60. The zero-order chi connectivity index (χ0) is 25.4. The van der Waals surface area contributed by atoms with Crippen molar-refractivity contribution in [1.82, 2.24) is 0 Å². The highest BCUT2D eigenvalue weighted by atomic mass is 31.1. The zero-order valence-corrected chi connectivity index (χ0v) is 26.9. The van der Waals surface area contributed by atoms with Crippen molar-refractivity contribution in [3.05, 3.63) is 0 Å². The fraction of sp³-hybridized carbons (Fsp3) is 1.00. The van der Waals surface area contributed by atoms with Crippen LogP contribution in [0.3, 0.4) is 0 Å². The first-order valence-corrected chi connectivity index (χ1v) is 18.4. The van der Waals surface area contributed by atoms with Crippen molar-refractivity contribution in [2.45, 2.75) is 153 Å². The Balaban J connectivity index is 1.39. The second kappa shape index (κ2) is 7.99. The van der Waals surface area contributed by atoms with E-state index in [0.29, 0.717) is 31.7 Å². The van der Waals surface area contributed by atoms with Gasteiger partial charge in [0.1, 0.15) is 0 Å². The molecule has 0 aromatic rings. The van der Waals surface area contributed by atoms with Crippen LogP contribution in [0.15, 0.2) is 0 Å². The zero-order valence-electron chi connectivity index (χ0n) is 24.8. The van der Waals surface area contributed by atoms with E-state index in [1.54, 1.807) is 96.1 Å².